The lowest BCUT2D eigenvalue weighted by Crippen LogP contribution is -2.28. The van der Waals surface area contributed by atoms with Crippen molar-refractivity contribution in [3.8, 4) is 0 Å². The van der Waals surface area contributed by atoms with Crippen LogP contribution in [-0.4, -0.2) is 9.78 Å². The van der Waals surface area contributed by atoms with Crippen LogP contribution in [0.3, 0.4) is 0 Å². The predicted octanol–water partition coefficient (Wildman–Crippen LogP) is 2.20. The molecule has 4 nitrogen and oxygen atoms in total. The second-order valence-electron chi connectivity index (χ2n) is 4.38. The van der Waals surface area contributed by atoms with Gasteiger partial charge in [-0.2, -0.15) is 5.10 Å². The molecule has 1 unspecified atom stereocenters. The van der Waals surface area contributed by atoms with Crippen molar-refractivity contribution in [1.82, 2.24) is 15.2 Å². The molecule has 92 valence electrons. The molecule has 1 heterocycles. The highest BCUT2D eigenvalue weighted by molar-refractivity contribution is 5.20. The Kier molecular flexibility index (Phi) is 5.49. The van der Waals surface area contributed by atoms with Crippen molar-refractivity contribution in [1.29, 1.82) is 0 Å². The van der Waals surface area contributed by atoms with E-state index in [1.165, 1.54) is 36.9 Å². The van der Waals surface area contributed by atoms with E-state index in [-0.39, 0.29) is 6.04 Å². The van der Waals surface area contributed by atoms with Crippen LogP contribution in [0.15, 0.2) is 6.20 Å². The molecule has 0 fully saturated rings. The molecule has 0 aliphatic heterocycles. The van der Waals surface area contributed by atoms with Gasteiger partial charge in [-0.15, -0.1) is 0 Å². The van der Waals surface area contributed by atoms with Gasteiger partial charge < -0.3 is 0 Å². The van der Waals surface area contributed by atoms with Crippen LogP contribution in [0, 0.1) is 6.92 Å². The molecule has 1 atom stereocenters. The predicted molar refractivity (Wildman–Crippen MR) is 66.8 cm³/mol. The highest BCUT2D eigenvalue weighted by atomic mass is 15.3. The quantitative estimate of drug-likeness (QED) is 0.424. The van der Waals surface area contributed by atoms with E-state index < -0.39 is 0 Å². The molecule has 0 aliphatic carbocycles. The molecule has 0 bridgehead atoms. The van der Waals surface area contributed by atoms with E-state index in [2.05, 4.69) is 24.4 Å². The third-order valence-electron chi connectivity index (χ3n) is 3.20. The first kappa shape index (κ1) is 13.2. The van der Waals surface area contributed by atoms with E-state index in [0.29, 0.717) is 0 Å². The van der Waals surface area contributed by atoms with Crippen molar-refractivity contribution in [2.24, 2.45) is 12.9 Å². The molecule has 16 heavy (non-hydrogen) atoms. The standard InChI is InChI=1S/C12H24N4/c1-4-5-6-7-8-12(15-13)11-9-14-16(3)10(11)2/h9,12,15H,4-8,13H2,1-3H3. The average molecular weight is 224 g/mol. The van der Waals surface area contributed by atoms with Gasteiger partial charge in [0.1, 0.15) is 0 Å². The van der Waals surface area contributed by atoms with E-state index in [4.69, 9.17) is 5.84 Å². The Morgan fingerprint density at radius 2 is 2.19 bits per heavy atom. The molecule has 0 spiro atoms. The maximum absolute atomic E-state index is 5.61. The van der Waals surface area contributed by atoms with Gasteiger partial charge in [0, 0.05) is 24.3 Å². The van der Waals surface area contributed by atoms with Crippen LogP contribution in [0.5, 0.6) is 0 Å². The number of hydrogen-bond donors (Lipinski definition) is 2. The largest absolute Gasteiger partial charge is 0.273 e. The molecule has 0 saturated carbocycles. The summed E-state index contributed by atoms with van der Waals surface area (Å²) in [6.45, 7) is 4.31. The molecule has 0 radical (unpaired) electrons. The van der Waals surface area contributed by atoms with Crippen LogP contribution < -0.4 is 11.3 Å². The van der Waals surface area contributed by atoms with Gasteiger partial charge in [0.15, 0.2) is 0 Å². The van der Waals surface area contributed by atoms with Crippen LogP contribution in [0.4, 0.5) is 0 Å². The van der Waals surface area contributed by atoms with Crippen LogP contribution in [-0.2, 0) is 7.05 Å². The first-order chi connectivity index (χ1) is 7.70. The Labute approximate surface area is 98.2 Å². The zero-order valence-corrected chi connectivity index (χ0v) is 10.7. The number of hydrogen-bond acceptors (Lipinski definition) is 3. The number of unbranched alkanes of at least 4 members (excludes halogenated alkanes) is 3. The molecular weight excluding hydrogens is 200 g/mol. The van der Waals surface area contributed by atoms with Gasteiger partial charge in [0.05, 0.1) is 6.20 Å². The minimum Gasteiger partial charge on any atom is -0.273 e. The van der Waals surface area contributed by atoms with Crippen molar-refractivity contribution in [3.05, 3.63) is 17.5 Å². The normalized spacial score (nSPS) is 13.0. The fourth-order valence-corrected chi connectivity index (χ4v) is 1.96. The van der Waals surface area contributed by atoms with Gasteiger partial charge in [-0.05, 0) is 13.3 Å². The molecule has 0 aliphatic rings. The molecule has 0 saturated heterocycles. The second kappa shape index (κ2) is 6.66. The van der Waals surface area contributed by atoms with Crippen LogP contribution in [0.2, 0.25) is 0 Å². The summed E-state index contributed by atoms with van der Waals surface area (Å²) in [7, 11) is 1.96. The lowest BCUT2D eigenvalue weighted by atomic mass is 10.0. The van der Waals surface area contributed by atoms with Crippen molar-refractivity contribution >= 4 is 0 Å². The van der Waals surface area contributed by atoms with E-state index in [1.54, 1.807) is 0 Å². The number of rotatable bonds is 7. The Morgan fingerprint density at radius 1 is 1.44 bits per heavy atom. The number of aryl methyl sites for hydroxylation is 1. The van der Waals surface area contributed by atoms with Crippen LogP contribution in [0.1, 0.15) is 56.3 Å². The Bertz CT molecular complexity index is 306. The van der Waals surface area contributed by atoms with Gasteiger partial charge in [0.25, 0.3) is 0 Å². The van der Waals surface area contributed by atoms with Gasteiger partial charge in [-0.1, -0.05) is 32.6 Å². The van der Waals surface area contributed by atoms with E-state index in [1.807, 2.05) is 17.9 Å². The maximum Gasteiger partial charge on any atom is 0.0540 e. The summed E-state index contributed by atoms with van der Waals surface area (Å²) in [5, 5.41) is 4.25. The fourth-order valence-electron chi connectivity index (χ4n) is 1.96. The lowest BCUT2D eigenvalue weighted by Gasteiger charge is -2.15. The summed E-state index contributed by atoms with van der Waals surface area (Å²) in [5.74, 6) is 5.61. The molecule has 4 heteroatoms. The van der Waals surface area contributed by atoms with Gasteiger partial charge >= 0.3 is 0 Å². The van der Waals surface area contributed by atoms with E-state index in [0.717, 1.165) is 6.42 Å². The minimum atomic E-state index is 0.241. The molecule has 1 aromatic rings. The highest BCUT2D eigenvalue weighted by Crippen LogP contribution is 2.21. The van der Waals surface area contributed by atoms with Crippen molar-refractivity contribution < 1.29 is 0 Å². The zero-order valence-electron chi connectivity index (χ0n) is 10.7. The van der Waals surface area contributed by atoms with E-state index >= 15 is 0 Å². The molecule has 1 aromatic heterocycles. The Hall–Kier alpha value is -0.870. The summed E-state index contributed by atoms with van der Waals surface area (Å²) in [5.41, 5.74) is 5.31. The first-order valence-electron chi connectivity index (χ1n) is 6.15. The van der Waals surface area contributed by atoms with Gasteiger partial charge in [0.2, 0.25) is 0 Å². The Morgan fingerprint density at radius 3 is 2.69 bits per heavy atom. The van der Waals surface area contributed by atoms with Crippen molar-refractivity contribution in [2.45, 2.75) is 52.0 Å². The van der Waals surface area contributed by atoms with Crippen LogP contribution in [0.25, 0.3) is 0 Å². The highest BCUT2D eigenvalue weighted by Gasteiger charge is 2.14. The smallest absolute Gasteiger partial charge is 0.0540 e. The fraction of sp³-hybridized carbons (Fsp3) is 0.750. The summed E-state index contributed by atoms with van der Waals surface area (Å²) in [4.78, 5) is 0. The van der Waals surface area contributed by atoms with Crippen molar-refractivity contribution in [3.63, 3.8) is 0 Å². The van der Waals surface area contributed by atoms with Gasteiger partial charge in [-0.25, -0.2) is 0 Å². The zero-order chi connectivity index (χ0) is 12.0. The minimum absolute atomic E-state index is 0.241. The molecule has 1 rings (SSSR count). The molecular formula is C12H24N4. The third-order valence-corrected chi connectivity index (χ3v) is 3.20. The number of nitrogens with one attached hydrogen (secondary N) is 1. The summed E-state index contributed by atoms with van der Waals surface area (Å²) < 4.78 is 1.89. The number of nitrogens with zero attached hydrogens (tertiary/aromatic N) is 2. The van der Waals surface area contributed by atoms with Crippen LogP contribution >= 0.6 is 0 Å². The van der Waals surface area contributed by atoms with Crippen molar-refractivity contribution in [2.75, 3.05) is 0 Å². The first-order valence-corrected chi connectivity index (χ1v) is 6.15. The number of hydrazine groups is 1. The maximum atomic E-state index is 5.61. The number of nitrogens with two attached hydrogens (primary N) is 1. The number of aromatic nitrogens is 2. The lowest BCUT2D eigenvalue weighted by molar-refractivity contribution is 0.479. The Balaban J connectivity index is 2.51. The summed E-state index contributed by atoms with van der Waals surface area (Å²) in [6, 6.07) is 0.241. The summed E-state index contributed by atoms with van der Waals surface area (Å²) in [6.07, 6.45) is 8.09. The summed E-state index contributed by atoms with van der Waals surface area (Å²) >= 11 is 0. The topological polar surface area (TPSA) is 55.9 Å². The third kappa shape index (κ3) is 3.32. The molecule has 0 amide bonds. The SMILES string of the molecule is CCCCCCC(NN)c1cnn(C)c1C. The second-order valence-corrected chi connectivity index (χ2v) is 4.38. The van der Waals surface area contributed by atoms with Gasteiger partial charge in [-0.3, -0.25) is 16.0 Å². The molecule has 3 N–H and O–H groups in total. The monoisotopic (exact) mass is 224 g/mol. The van der Waals surface area contributed by atoms with E-state index in [9.17, 15) is 0 Å². The average Bonchev–Trinajstić information content (AvgIpc) is 2.61. The molecule has 0 aromatic carbocycles.